The number of carbonyl (C=O) groups is 1. The van der Waals surface area contributed by atoms with E-state index in [4.69, 9.17) is 5.26 Å². The zero-order chi connectivity index (χ0) is 7.98. The fourth-order valence-corrected chi connectivity index (χ4v) is 0.756. The molecule has 0 spiro atoms. The van der Waals surface area contributed by atoms with E-state index in [-0.39, 0.29) is 24.7 Å². The normalized spacial score (nSPS) is 7.73. The first-order valence-corrected chi connectivity index (χ1v) is 3.41. The molecule has 3 nitrogen and oxygen atoms in total. The molecule has 0 radical (unpaired) electrons. The summed E-state index contributed by atoms with van der Waals surface area (Å²) >= 11 is 0. The molecule has 0 atom stereocenters. The number of nitriles is 1. The number of hydrogen-bond donors (Lipinski definition) is 0. The highest BCUT2D eigenvalue weighted by molar-refractivity contribution is 5.85. The Bertz CT molecular complexity index is 149. The van der Waals surface area contributed by atoms with Gasteiger partial charge in [-0.2, -0.15) is 5.26 Å². The van der Waals surface area contributed by atoms with Gasteiger partial charge in [-0.3, -0.25) is 4.79 Å². The van der Waals surface area contributed by atoms with Crippen LogP contribution in [0.4, 0.5) is 0 Å². The van der Waals surface area contributed by atoms with Gasteiger partial charge in [0.15, 0.2) is 0 Å². The van der Waals surface area contributed by atoms with Gasteiger partial charge in [0, 0.05) is 13.1 Å². The third kappa shape index (κ3) is 4.63. The molecule has 0 aliphatic carbocycles. The smallest absolute Gasteiger partial charge is 0.236 e. The first kappa shape index (κ1) is 12.9. The summed E-state index contributed by atoms with van der Waals surface area (Å²) in [6.45, 7) is 5.19. The van der Waals surface area contributed by atoms with Crippen LogP contribution >= 0.6 is 12.4 Å². The Kier molecular flexibility index (Phi) is 8.62. The van der Waals surface area contributed by atoms with Gasteiger partial charge in [-0.05, 0) is 13.8 Å². The minimum Gasteiger partial charge on any atom is -0.342 e. The van der Waals surface area contributed by atoms with Crippen molar-refractivity contribution in [2.24, 2.45) is 0 Å². The molecule has 0 heterocycles. The zero-order valence-electron chi connectivity index (χ0n) is 6.83. The number of halogens is 1. The van der Waals surface area contributed by atoms with Gasteiger partial charge < -0.3 is 4.90 Å². The lowest BCUT2D eigenvalue weighted by atomic mass is 10.4. The summed E-state index contributed by atoms with van der Waals surface area (Å²) < 4.78 is 0. The van der Waals surface area contributed by atoms with E-state index in [2.05, 4.69) is 0 Å². The molecule has 1 amide bonds. The number of rotatable bonds is 3. The topological polar surface area (TPSA) is 44.1 Å². The number of carbonyl (C=O) groups excluding carboxylic acids is 1. The first-order chi connectivity index (χ1) is 4.76. The average Bonchev–Trinajstić information content (AvgIpc) is 1.91. The van der Waals surface area contributed by atoms with Gasteiger partial charge in [0.25, 0.3) is 0 Å². The summed E-state index contributed by atoms with van der Waals surface area (Å²) in [5.74, 6) is -0.0764. The lowest BCUT2D eigenvalue weighted by molar-refractivity contribution is -0.129. The van der Waals surface area contributed by atoms with Crippen LogP contribution in [0, 0.1) is 11.3 Å². The largest absolute Gasteiger partial charge is 0.342 e. The summed E-state index contributed by atoms with van der Waals surface area (Å²) in [5.41, 5.74) is 0. The predicted octanol–water partition coefficient (Wildman–Crippen LogP) is 1.19. The maximum Gasteiger partial charge on any atom is 0.236 e. The SMILES string of the molecule is CCN(CC)C(=O)CC#N.Cl. The monoisotopic (exact) mass is 176 g/mol. The molecule has 0 saturated heterocycles. The van der Waals surface area contributed by atoms with E-state index in [0.29, 0.717) is 13.1 Å². The highest BCUT2D eigenvalue weighted by atomic mass is 35.5. The van der Waals surface area contributed by atoms with Crippen molar-refractivity contribution < 1.29 is 4.79 Å². The first-order valence-electron chi connectivity index (χ1n) is 3.41. The van der Waals surface area contributed by atoms with Crippen LogP contribution in [0.25, 0.3) is 0 Å². The molecule has 0 saturated carbocycles. The van der Waals surface area contributed by atoms with Crippen LogP contribution in [0.15, 0.2) is 0 Å². The van der Waals surface area contributed by atoms with E-state index >= 15 is 0 Å². The average molecular weight is 177 g/mol. The Labute approximate surface area is 73.4 Å². The van der Waals surface area contributed by atoms with Crippen LogP contribution in [0.5, 0.6) is 0 Å². The minimum absolute atomic E-state index is 0. The summed E-state index contributed by atoms with van der Waals surface area (Å²) in [6.07, 6.45) is 0.00167. The van der Waals surface area contributed by atoms with Gasteiger partial charge in [0.05, 0.1) is 6.07 Å². The zero-order valence-corrected chi connectivity index (χ0v) is 7.65. The predicted molar refractivity (Wildman–Crippen MR) is 45.4 cm³/mol. The van der Waals surface area contributed by atoms with Gasteiger partial charge >= 0.3 is 0 Å². The molecule has 0 aromatic heterocycles. The molecule has 0 aromatic rings. The van der Waals surface area contributed by atoms with Crippen LogP contribution < -0.4 is 0 Å². The van der Waals surface area contributed by atoms with Crippen molar-refractivity contribution in [3.63, 3.8) is 0 Å². The van der Waals surface area contributed by atoms with E-state index in [1.807, 2.05) is 19.9 Å². The van der Waals surface area contributed by atoms with Crippen molar-refractivity contribution in [1.29, 1.82) is 5.26 Å². The highest BCUT2D eigenvalue weighted by Crippen LogP contribution is 1.91. The van der Waals surface area contributed by atoms with Crippen molar-refractivity contribution in [3.8, 4) is 6.07 Å². The van der Waals surface area contributed by atoms with E-state index in [1.165, 1.54) is 0 Å². The van der Waals surface area contributed by atoms with Gasteiger partial charge in [0.1, 0.15) is 6.42 Å². The number of amides is 1. The highest BCUT2D eigenvalue weighted by Gasteiger charge is 2.06. The number of hydrogen-bond acceptors (Lipinski definition) is 2. The Morgan fingerprint density at radius 1 is 1.45 bits per heavy atom. The Hall–Kier alpha value is -0.750. The van der Waals surface area contributed by atoms with Gasteiger partial charge in [-0.15, -0.1) is 12.4 Å². The molecule has 0 rings (SSSR count). The van der Waals surface area contributed by atoms with Crippen LogP contribution in [-0.2, 0) is 4.79 Å². The van der Waals surface area contributed by atoms with Crippen molar-refractivity contribution >= 4 is 18.3 Å². The second-order valence-electron chi connectivity index (χ2n) is 1.90. The molecule has 11 heavy (non-hydrogen) atoms. The Morgan fingerprint density at radius 3 is 2.18 bits per heavy atom. The van der Waals surface area contributed by atoms with E-state index in [0.717, 1.165) is 0 Å². The quantitative estimate of drug-likeness (QED) is 0.649. The standard InChI is InChI=1S/C7H12N2O.ClH/c1-3-9(4-2)7(10)5-6-8;/h3-5H2,1-2H3;1H. The van der Waals surface area contributed by atoms with Crippen molar-refractivity contribution in [2.75, 3.05) is 13.1 Å². The maximum atomic E-state index is 10.9. The summed E-state index contributed by atoms with van der Waals surface area (Å²) in [6, 6.07) is 1.83. The molecule has 0 N–H and O–H groups in total. The summed E-state index contributed by atoms with van der Waals surface area (Å²) in [4.78, 5) is 12.6. The van der Waals surface area contributed by atoms with Crippen LogP contribution in [-0.4, -0.2) is 23.9 Å². The Balaban J connectivity index is 0. The summed E-state index contributed by atoms with van der Waals surface area (Å²) in [7, 11) is 0. The molecule has 0 aromatic carbocycles. The molecule has 0 unspecified atom stereocenters. The summed E-state index contributed by atoms with van der Waals surface area (Å²) in [5, 5.41) is 8.18. The third-order valence-electron chi connectivity index (χ3n) is 1.35. The third-order valence-corrected chi connectivity index (χ3v) is 1.35. The second-order valence-corrected chi connectivity index (χ2v) is 1.90. The van der Waals surface area contributed by atoms with Gasteiger partial charge in [0.2, 0.25) is 5.91 Å². The minimum atomic E-state index is -0.0764. The molecule has 0 aliphatic rings. The fraction of sp³-hybridized carbons (Fsp3) is 0.714. The van der Waals surface area contributed by atoms with Gasteiger partial charge in [-0.1, -0.05) is 0 Å². The van der Waals surface area contributed by atoms with Crippen molar-refractivity contribution in [3.05, 3.63) is 0 Å². The van der Waals surface area contributed by atoms with Crippen LogP contribution in [0.2, 0.25) is 0 Å². The Morgan fingerprint density at radius 2 is 1.91 bits per heavy atom. The van der Waals surface area contributed by atoms with Crippen molar-refractivity contribution in [1.82, 2.24) is 4.90 Å². The van der Waals surface area contributed by atoms with Crippen molar-refractivity contribution in [2.45, 2.75) is 20.3 Å². The molecule has 0 fully saturated rings. The van der Waals surface area contributed by atoms with E-state index < -0.39 is 0 Å². The molecule has 4 heteroatoms. The fourth-order valence-electron chi connectivity index (χ4n) is 0.756. The second kappa shape index (κ2) is 7.36. The molecular formula is C7H13ClN2O. The lowest BCUT2D eigenvalue weighted by Crippen LogP contribution is -2.29. The molecule has 0 bridgehead atoms. The molecule has 64 valence electrons. The van der Waals surface area contributed by atoms with Crippen LogP contribution in [0.3, 0.4) is 0 Å². The van der Waals surface area contributed by atoms with E-state index in [1.54, 1.807) is 4.90 Å². The van der Waals surface area contributed by atoms with Gasteiger partial charge in [-0.25, -0.2) is 0 Å². The number of nitrogens with zero attached hydrogens (tertiary/aromatic N) is 2. The van der Waals surface area contributed by atoms with E-state index in [9.17, 15) is 4.79 Å². The molecular weight excluding hydrogens is 164 g/mol. The van der Waals surface area contributed by atoms with Crippen LogP contribution in [0.1, 0.15) is 20.3 Å². The molecule has 0 aliphatic heterocycles. The lowest BCUT2D eigenvalue weighted by Gasteiger charge is -2.16. The maximum absolute atomic E-state index is 10.9.